The van der Waals surface area contributed by atoms with Crippen molar-refractivity contribution >= 4 is 18.2 Å². The van der Waals surface area contributed by atoms with Crippen molar-refractivity contribution in [1.82, 2.24) is 10.4 Å². The number of nitrogens with zero attached hydrogens (tertiary/aromatic N) is 1. The molecule has 0 unspecified atom stereocenters. The molecule has 16 heavy (non-hydrogen) atoms. The summed E-state index contributed by atoms with van der Waals surface area (Å²) in [6.45, 7) is 2.44. The van der Waals surface area contributed by atoms with Gasteiger partial charge in [-0.2, -0.15) is 0 Å². The zero-order valence-electron chi connectivity index (χ0n) is 8.51. The van der Waals surface area contributed by atoms with Gasteiger partial charge in [0.05, 0.1) is 0 Å². The third kappa shape index (κ3) is 3.79. The predicted molar refractivity (Wildman–Crippen MR) is 52.3 cm³/mol. The summed E-state index contributed by atoms with van der Waals surface area (Å²) >= 11 is 0. The summed E-state index contributed by atoms with van der Waals surface area (Å²) in [5, 5.41) is 13.0. The maximum absolute atomic E-state index is 11.2. The van der Waals surface area contributed by atoms with Crippen molar-refractivity contribution in [2.75, 3.05) is 26.2 Å². The molecule has 0 aromatic heterocycles. The highest BCUT2D eigenvalue weighted by atomic mass is 16.7. The van der Waals surface area contributed by atoms with Crippen LogP contribution in [0.2, 0.25) is 0 Å². The lowest BCUT2D eigenvalue weighted by atomic mass is 10.3. The predicted octanol–water partition coefficient (Wildman–Crippen LogP) is -1.44. The molecular weight excluding hydrogens is 216 g/mol. The molecule has 1 fully saturated rings. The molecule has 1 rings (SSSR count). The Balaban J connectivity index is 2.50. The second kappa shape index (κ2) is 5.99. The van der Waals surface area contributed by atoms with Gasteiger partial charge in [-0.1, -0.05) is 0 Å². The first kappa shape index (κ1) is 12.3. The summed E-state index contributed by atoms with van der Waals surface area (Å²) < 4.78 is 0. The van der Waals surface area contributed by atoms with Crippen molar-refractivity contribution in [3.63, 3.8) is 0 Å². The monoisotopic (exact) mass is 228 g/mol. The topological polar surface area (TPSA) is 95.9 Å². The lowest BCUT2D eigenvalue weighted by Crippen LogP contribution is -2.44. The molecule has 0 aromatic rings. The van der Waals surface area contributed by atoms with Gasteiger partial charge in [-0.05, 0) is 0 Å². The van der Waals surface area contributed by atoms with Gasteiger partial charge in [0.2, 0.25) is 0 Å². The van der Waals surface area contributed by atoms with Gasteiger partial charge >= 0.3 is 11.9 Å². The van der Waals surface area contributed by atoms with Crippen molar-refractivity contribution in [2.45, 2.75) is 0 Å². The zero-order valence-corrected chi connectivity index (χ0v) is 8.51. The van der Waals surface area contributed by atoms with Crippen molar-refractivity contribution in [2.24, 2.45) is 0 Å². The molecule has 7 nitrogen and oxygen atoms in total. The van der Waals surface area contributed by atoms with E-state index in [1.54, 1.807) is 0 Å². The van der Waals surface area contributed by atoms with E-state index in [1.807, 2.05) is 0 Å². The number of carbonyl (C=O) groups is 3. The molecule has 88 valence electrons. The number of aldehydes is 1. The Morgan fingerprint density at radius 3 is 2.44 bits per heavy atom. The number of rotatable bonds is 4. The molecule has 0 saturated carbocycles. The third-order valence-corrected chi connectivity index (χ3v) is 1.94. The second-order valence-electron chi connectivity index (χ2n) is 3.11. The van der Waals surface area contributed by atoms with Gasteiger partial charge < -0.3 is 15.3 Å². The smallest absolute Gasteiger partial charge is 0.350 e. The third-order valence-electron chi connectivity index (χ3n) is 1.94. The molecule has 1 saturated heterocycles. The summed E-state index contributed by atoms with van der Waals surface area (Å²) in [7, 11) is 0. The highest BCUT2D eigenvalue weighted by Gasteiger charge is 2.15. The molecule has 1 heterocycles. The van der Waals surface area contributed by atoms with Gasteiger partial charge in [-0.3, -0.25) is 4.79 Å². The molecule has 0 atom stereocenters. The van der Waals surface area contributed by atoms with Crippen LogP contribution in [0.15, 0.2) is 11.6 Å². The van der Waals surface area contributed by atoms with E-state index in [0.29, 0.717) is 32.3 Å². The van der Waals surface area contributed by atoms with E-state index >= 15 is 0 Å². The molecule has 2 N–H and O–H groups in total. The number of hydrogen-bond donors (Lipinski definition) is 2. The number of hydroxylamine groups is 2. The fourth-order valence-electron chi connectivity index (χ4n) is 1.16. The van der Waals surface area contributed by atoms with Crippen molar-refractivity contribution in [3.05, 3.63) is 11.6 Å². The normalized spacial score (nSPS) is 17.9. The fourth-order valence-corrected chi connectivity index (χ4v) is 1.16. The van der Waals surface area contributed by atoms with Gasteiger partial charge in [-0.15, -0.1) is 5.06 Å². The maximum Gasteiger partial charge on any atom is 0.350 e. The molecule has 0 aromatic carbocycles. The van der Waals surface area contributed by atoms with Crippen LogP contribution >= 0.6 is 0 Å². The number of carboxylic acids is 1. The average molecular weight is 228 g/mol. The SMILES string of the molecule is O=C/C(=C\C(=O)ON1CCNCC1)C(=O)O. The standard InChI is InChI=1S/C9H12N2O5/c12-6-7(9(14)15)5-8(13)16-11-3-1-10-2-4-11/h5-6,10H,1-4H2,(H,14,15)/b7-5+. The number of aliphatic carboxylic acids is 1. The van der Waals surface area contributed by atoms with Crippen LogP contribution in [-0.4, -0.2) is 54.6 Å². The molecule has 0 spiro atoms. The molecular formula is C9H12N2O5. The minimum atomic E-state index is -1.45. The van der Waals surface area contributed by atoms with Crippen LogP contribution in [0.5, 0.6) is 0 Å². The van der Waals surface area contributed by atoms with Crippen LogP contribution < -0.4 is 5.32 Å². The molecule has 0 bridgehead atoms. The zero-order chi connectivity index (χ0) is 12.0. The first-order valence-electron chi connectivity index (χ1n) is 4.71. The first-order valence-corrected chi connectivity index (χ1v) is 4.71. The quantitative estimate of drug-likeness (QED) is 0.263. The van der Waals surface area contributed by atoms with Gasteiger partial charge in [0.15, 0.2) is 6.29 Å². The van der Waals surface area contributed by atoms with Crippen molar-refractivity contribution < 1.29 is 24.3 Å². The Bertz CT molecular complexity index is 320. The van der Waals surface area contributed by atoms with E-state index in [-0.39, 0.29) is 6.29 Å². The summed E-state index contributed by atoms with van der Waals surface area (Å²) in [6, 6.07) is 0. The van der Waals surface area contributed by atoms with Gasteiger partial charge in [-0.25, -0.2) is 9.59 Å². The summed E-state index contributed by atoms with van der Waals surface area (Å²) in [6.07, 6.45) is 0.763. The average Bonchev–Trinajstić information content (AvgIpc) is 2.27. The first-order chi connectivity index (χ1) is 7.63. The Hall–Kier alpha value is -1.73. The molecule has 1 aliphatic heterocycles. The highest BCUT2D eigenvalue weighted by molar-refractivity contribution is 6.10. The summed E-state index contributed by atoms with van der Waals surface area (Å²) in [5.41, 5.74) is -0.625. The van der Waals surface area contributed by atoms with Crippen LogP contribution in [0.4, 0.5) is 0 Å². The minimum Gasteiger partial charge on any atom is -0.478 e. The molecule has 0 radical (unpaired) electrons. The number of nitrogens with one attached hydrogen (secondary N) is 1. The molecule has 7 heteroatoms. The Morgan fingerprint density at radius 1 is 1.31 bits per heavy atom. The highest BCUT2D eigenvalue weighted by Crippen LogP contribution is 1.97. The van der Waals surface area contributed by atoms with E-state index in [2.05, 4.69) is 5.32 Å². The van der Waals surface area contributed by atoms with E-state index < -0.39 is 17.5 Å². The largest absolute Gasteiger partial charge is 0.478 e. The van der Waals surface area contributed by atoms with Crippen LogP contribution in [0, 0.1) is 0 Å². The van der Waals surface area contributed by atoms with Gasteiger partial charge in [0, 0.05) is 32.3 Å². The number of hydrogen-bond acceptors (Lipinski definition) is 6. The van der Waals surface area contributed by atoms with Crippen molar-refractivity contribution in [3.8, 4) is 0 Å². The number of carbonyl (C=O) groups excluding carboxylic acids is 2. The Morgan fingerprint density at radius 2 is 1.94 bits per heavy atom. The lowest BCUT2D eigenvalue weighted by Gasteiger charge is -2.24. The maximum atomic E-state index is 11.2. The molecule has 0 aliphatic carbocycles. The van der Waals surface area contributed by atoms with Crippen molar-refractivity contribution in [1.29, 1.82) is 0 Å². The summed E-state index contributed by atoms with van der Waals surface area (Å²) in [4.78, 5) is 36.8. The van der Waals surface area contributed by atoms with E-state index in [1.165, 1.54) is 5.06 Å². The van der Waals surface area contributed by atoms with E-state index in [4.69, 9.17) is 9.94 Å². The van der Waals surface area contributed by atoms with Gasteiger partial charge in [0.25, 0.3) is 0 Å². The lowest BCUT2D eigenvalue weighted by molar-refractivity contribution is -0.186. The van der Waals surface area contributed by atoms with Crippen LogP contribution in [-0.2, 0) is 19.2 Å². The Labute approximate surface area is 91.6 Å². The molecule has 0 amide bonds. The van der Waals surface area contributed by atoms with Gasteiger partial charge in [0.1, 0.15) is 5.57 Å². The number of piperazine rings is 1. The fraction of sp³-hybridized carbons (Fsp3) is 0.444. The number of carboxylic acid groups (broad SMARTS) is 1. The molecule has 1 aliphatic rings. The van der Waals surface area contributed by atoms with E-state index in [0.717, 1.165) is 0 Å². The minimum absolute atomic E-state index is 0.0986. The van der Waals surface area contributed by atoms with Crippen LogP contribution in [0.1, 0.15) is 0 Å². The second-order valence-corrected chi connectivity index (χ2v) is 3.11. The van der Waals surface area contributed by atoms with E-state index in [9.17, 15) is 14.4 Å². The van der Waals surface area contributed by atoms with Crippen LogP contribution in [0.3, 0.4) is 0 Å². The summed E-state index contributed by atoms with van der Waals surface area (Å²) in [5.74, 6) is -2.31. The van der Waals surface area contributed by atoms with Crippen LogP contribution in [0.25, 0.3) is 0 Å². The Kier molecular flexibility index (Phi) is 4.62.